The second-order valence-electron chi connectivity index (χ2n) is 11.2. The van der Waals surface area contributed by atoms with Crippen LogP contribution in [0.25, 0.3) is 0 Å². The van der Waals surface area contributed by atoms with Gasteiger partial charge in [-0.3, -0.25) is 9.59 Å². The Kier molecular flexibility index (Phi) is 27.8. The van der Waals surface area contributed by atoms with Gasteiger partial charge in [0.05, 0.1) is 6.10 Å². The van der Waals surface area contributed by atoms with Gasteiger partial charge in [-0.05, 0) is 50.9 Å². The molecule has 0 bridgehead atoms. The average molecular weight is 577 g/mol. The van der Waals surface area contributed by atoms with Gasteiger partial charge < -0.3 is 19.7 Å². The van der Waals surface area contributed by atoms with Gasteiger partial charge in [-0.25, -0.2) is 0 Å². The smallest absolute Gasteiger partial charge is 0.305 e. The molecule has 2 atom stereocenters. The van der Waals surface area contributed by atoms with Crippen LogP contribution in [0.4, 0.5) is 0 Å². The van der Waals surface area contributed by atoms with E-state index in [4.69, 9.17) is 9.47 Å². The average Bonchev–Trinajstić information content (AvgIpc) is 2.95. The van der Waals surface area contributed by atoms with Crippen LogP contribution in [-0.2, 0) is 19.1 Å². The first-order chi connectivity index (χ1) is 19.8. The molecule has 0 radical (unpaired) electrons. The predicted octanol–water partition coefficient (Wildman–Crippen LogP) is 8.33. The van der Waals surface area contributed by atoms with Crippen molar-refractivity contribution in [2.75, 3.05) is 13.2 Å². The summed E-state index contributed by atoms with van der Waals surface area (Å²) in [6.45, 7) is 6.32. The maximum absolute atomic E-state index is 11.9. The fraction of sp³-hybridized carbons (Fsp3) is 0.714. The molecule has 41 heavy (non-hydrogen) atoms. The largest absolute Gasteiger partial charge is 0.463 e. The van der Waals surface area contributed by atoms with Crippen LogP contribution in [0.1, 0.15) is 130 Å². The van der Waals surface area contributed by atoms with E-state index in [1.54, 1.807) is 0 Å². The van der Waals surface area contributed by atoms with E-state index in [0.29, 0.717) is 19.3 Å². The first kappa shape index (κ1) is 38.8. The third kappa shape index (κ3) is 30.6. The van der Waals surface area contributed by atoms with E-state index in [9.17, 15) is 19.8 Å². The number of unbranched alkanes of at least 4 members (excludes halogenated alkanes) is 7. The van der Waals surface area contributed by atoms with E-state index in [1.165, 1.54) is 25.7 Å². The summed E-state index contributed by atoms with van der Waals surface area (Å²) in [5.74, 6) is 0.107. The fourth-order valence-corrected chi connectivity index (χ4v) is 4.04. The highest BCUT2D eigenvalue weighted by molar-refractivity contribution is 5.69. The number of carbonyl (C=O) groups is 2. The minimum Gasteiger partial charge on any atom is -0.463 e. The van der Waals surface area contributed by atoms with Crippen LogP contribution >= 0.6 is 0 Å². The van der Waals surface area contributed by atoms with Crippen LogP contribution in [0.5, 0.6) is 0 Å². The maximum atomic E-state index is 11.9. The minimum atomic E-state index is -0.995. The molecule has 236 valence electrons. The summed E-state index contributed by atoms with van der Waals surface area (Å²) in [6.07, 6.45) is 30.9. The normalized spacial score (nSPS) is 13.7. The molecule has 0 unspecified atom stereocenters. The molecule has 2 N–H and O–H groups in total. The molecular formula is C35H60O6. The highest BCUT2D eigenvalue weighted by Gasteiger charge is 2.12. The number of hydrogen-bond acceptors (Lipinski definition) is 6. The van der Waals surface area contributed by atoms with Gasteiger partial charge in [-0.2, -0.15) is 0 Å². The zero-order chi connectivity index (χ0) is 30.4. The lowest BCUT2D eigenvalue weighted by molar-refractivity contribution is -0.152. The third-order valence-corrected chi connectivity index (χ3v) is 6.57. The van der Waals surface area contributed by atoms with E-state index in [1.807, 2.05) is 12.2 Å². The topological polar surface area (TPSA) is 93.1 Å². The van der Waals surface area contributed by atoms with Crippen LogP contribution in [-0.4, -0.2) is 47.6 Å². The van der Waals surface area contributed by atoms with Crippen molar-refractivity contribution in [2.24, 2.45) is 5.92 Å². The molecule has 0 aliphatic carbocycles. The number of aliphatic hydroxyl groups excluding tert-OH is 2. The predicted molar refractivity (Wildman–Crippen MR) is 169 cm³/mol. The molecule has 6 nitrogen and oxygen atoms in total. The van der Waals surface area contributed by atoms with Gasteiger partial charge in [0, 0.05) is 12.8 Å². The number of ether oxygens (including phenoxy) is 2. The Balaban J connectivity index is 3.64. The number of carbonyl (C=O) groups excluding carboxylic acids is 2. The van der Waals surface area contributed by atoms with Crippen molar-refractivity contribution < 1.29 is 29.3 Å². The Morgan fingerprint density at radius 1 is 0.634 bits per heavy atom. The number of aliphatic hydroxyl groups is 2. The monoisotopic (exact) mass is 576 g/mol. The summed E-state index contributed by atoms with van der Waals surface area (Å²) in [5.41, 5.74) is 0. The van der Waals surface area contributed by atoms with Gasteiger partial charge >= 0.3 is 11.9 Å². The molecule has 0 aromatic carbocycles. The Hall–Kier alpha value is -2.18. The number of hydrogen-bond donors (Lipinski definition) is 2. The SMILES string of the molecule is CCCC[C@H](O)/C=C\C/C=C\C/C=C\C/C=C\CCCC(=O)OC[C@@H](O)COC(=O)CCCCCCCCC(C)C. The highest BCUT2D eigenvalue weighted by atomic mass is 16.6. The van der Waals surface area contributed by atoms with Crippen molar-refractivity contribution in [3.05, 3.63) is 48.6 Å². The van der Waals surface area contributed by atoms with E-state index in [0.717, 1.165) is 70.1 Å². The molecular weight excluding hydrogens is 516 g/mol. The molecule has 0 saturated carbocycles. The highest BCUT2D eigenvalue weighted by Crippen LogP contribution is 2.12. The Morgan fingerprint density at radius 2 is 1.15 bits per heavy atom. The lowest BCUT2D eigenvalue weighted by Crippen LogP contribution is -2.25. The lowest BCUT2D eigenvalue weighted by atomic mass is 10.0. The van der Waals surface area contributed by atoms with Crippen LogP contribution < -0.4 is 0 Å². The minimum absolute atomic E-state index is 0.145. The van der Waals surface area contributed by atoms with Crippen molar-refractivity contribution in [1.29, 1.82) is 0 Å². The van der Waals surface area contributed by atoms with Crippen molar-refractivity contribution in [2.45, 2.75) is 142 Å². The zero-order valence-corrected chi connectivity index (χ0v) is 26.3. The molecule has 0 saturated heterocycles. The van der Waals surface area contributed by atoms with Gasteiger partial charge in [0.2, 0.25) is 0 Å². The Morgan fingerprint density at radius 3 is 1.73 bits per heavy atom. The van der Waals surface area contributed by atoms with Crippen LogP contribution in [0.3, 0.4) is 0 Å². The molecule has 0 amide bonds. The van der Waals surface area contributed by atoms with Gasteiger partial charge in [-0.1, -0.05) is 121 Å². The molecule has 0 aliphatic rings. The van der Waals surface area contributed by atoms with E-state index < -0.39 is 6.10 Å². The quantitative estimate of drug-likeness (QED) is 0.0580. The number of esters is 2. The first-order valence-electron chi connectivity index (χ1n) is 16.1. The molecule has 0 aliphatic heterocycles. The van der Waals surface area contributed by atoms with Crippen LogP contribution in [0, 0.1) is 5.92 Å². The second kappa shape index (κ2) is 29.3. The number of rotatable bonds is 27. The molecule has 0 aromatic heterocycles. The zero-order valence-electron chi connectivity index (χ0n) is 26.3. The standard InChI is InChI=1S/C35H60O6/c1-4-5-25-32(36)26-21-17-12-10-8-6-7-9-11-13-18-22-27-34(38)40-29-33(37)30-41-35(39)28-23-19-15-14-16-20-24-31(2)3/h6-7,10-13,21,26,31-33,36-37H,4-5,8-9,14-20,22-25,27-30H2,1-3H3/b7-6-,12-10-,13-11-,26-21-/t32-,33+/m0/s1. The molecule has 6 heteroatoms. The third-order valence-electron chi connectivity index (χ3n) is 6.57. The fourth-order valence-electron chi connectivity index (χ4n) is 4.04. The van der Waals surface area contributed by atoms with Gasteiger partial charge in [0.1, 0.15) is 19.3 Å². The van der Waals surface area contributed by atoms with Crippen molar-refractivity contribution in [1.82, 2.24) is 0 Å². The summed E-state index contributed by atoms with van der Waals surface area (Å²) in [7, 11) is 0. The summed E-state index contributed by atoms with van der Waals surface area (Å²) >= 11 is 0. The molecule has 0 fully saturated rings. The van der Waals surface area contributed by atoms with Crippen molar-refractivity contribution in [3.63, 3.8) is 0 Å². The Labute approximate surface area is 251 Å². The molecule has 0 heterocycles. The number of allylic oxidation sites excluding steroid dienone is 7. The summed E-state index contributed by atoms with van der Waals surface area (Å²) < 4.78 is 10.2. The summed E-state index contributed by atoms with van der Waals surface area (Å²) in [4.78, 5) is 23.7. The van der Waals surface area contributed by atoms with Crippen LogP contribution in [0.15, 0.2) is 48.6 Å². The Bertz CT molecular complexity index is 737. The lowest BCUT2D eigenvalue weighted by Gasteiger charge is -2.12. The van der Waals surface area contributed by atoms with Gasteiger partial charge in [0.25, 0.3) is 0 Å². The molecule has 0 spiro atoms. The summed E-state index contributed by atoms with van der Waals surface area (Å²) in [5, 5.41) is 19.7. The van der Waals surface area contributed by atoms with Crippen molar-refractivity contribution >= 4 is 11.9 Å². The van der Waals surface area contributed by atoms with Crippen molar-refractivity contribution in [3.8, 4) is 0 Å². The molecule has 0 aromatic rings. The summed E-state index contributed by atoms with van der Waals surface area (Å²) in [6, 6.07) is 0. The maximum Gasteiger partial charge on any atom is 0.305 e. The molecule has 0 rings (SSSR count). The van der Waals surface area contributed by atoms with E-state index in [2.05, 4.69) is 57.2 Å². The van der Waals surface area contributed by atoms with Crippen LogP contribution in [0.2, 0.25) is 0 Å². The van der Waals surface area contributed by atoms with Gasteiger partial charge in [0.15, 0.2) is 0 Å². The second-order valence-corrected chi connectivity index (χ2v) is 11.2. The van der Waals surface area contributed by atoms with E-state index >= 15 is 0 Å². The van der Waals surface area contributed by atoms with Gasteiger partial charge in [-0.15, -0.1) is 0 Å². The van der Waals surface area contributed by atoms with E-state index in [-0.39, 0.29) is 31.3 Å². The first-order valence-corrected chi connectivity index (χ1v) is 16.1.